The maximum Gasteiger partial charge on any atom is 0.159 e. The van der Waals surface area contributed by atoms with Gasteiger partial charge in [0.05, 0.1) is 5.69 Å². The van der Waals surface area contributed by atoms with E-state index in [-0.39, 0.29) is 12.2 Å². The number of fused-ring (bicyclic) bond motifs is 1. The van der Waals surface area contributed by atoms with Crippen molar-refractivity contribution in [3.63, 3.8) is 0 Å². The Labute approximate surface area is 347 Å². The van der Waals surface area contributed by atoms with Crippen molar-refractivity contribution in [2.24, 2.45) is 15.0 Å². The molecule has 0 radical (unpaired) electrons. The Morgan fingerprint density at radius 1 is 0.593 bits per heavy atom. The van der Waals surface area contributed by atoms with Crippen molar-refractivity contribution in [3.8, 4) is 44.5 Å². The molecule has 0 bridgehead atoms. The Morgan fingerprint density at radius 2 is 1.15 bits per heavy atom. The number of rotatable bonds is 8. The molecular formula is C54H47N5. The second-order valence-corrected chi connectivity index (χ2v) is 15.7. The van der Waals surface area contributed by atoms with Gasteiger partial charge in [-0.05, 0) is 114 Å². The number of hydrogen-bond donors (Lipinski definition) is 1. The normalized spacial score (nSPS) is 15.8. The lowest BCUT2D eigenvalue weighted by atomic mass is 9.91. The predicted octanol–water partition coefficient (Wildman–Crippen LogP) is 13.4. The van der Waals surface area contributed by atoms with Crippen molar-refractivity contribution in [2.45, 2.75) is 39.9 Å². The first-order valence-electron chi connectivity index (χ1n) is 20.3. The van der Waals surface area contributed by atoms with Gasteiger partial charge < -0.3 is 10.2 Å². The van der Waals surface area contributed by atoms with Crippen molar-refractivity contribution in [1.29, 1.82) is 0 Å². The summed E-state index contributed by atoms with van der Waals surface area (Å²) in [7, 11) is 2.11. The molecule has 0 fully saturated rings. The lowest BCUT2D eigenvalue weighted by Gasteiger charge is -2.33. The summed E-state index contributed by atoms with van der Waals surface area (Å²) in [6.45, 7) is 8.42. The molecule has 7 aromatic rings. The highest BCUT2D eigenvalue weighted by atomic mass is 15.3. The first-order chi connectivity index (χ1) is 28.8. The van der Waals surface area contributed by atoms with E-state index in [9.17, 15) is 0 Å². The van der Waals surface area contributed by atoms with Gasteiger partial charge in [0.25, 0.3) is 0 Å². The van der Waals surface area contributed by atoms with Crippen LogP contribution in [0.5, 0.6) is 0 Å². The average Bonchev–Trinajstić information content (AvgIpc) is 3.27. The Hall–Kier alpha value is -7.11. The smallest absolute Gasteiger partial charge is 0.159 e. The molecule has 288 valence electrons. The molecule has 2 heterocycles. The van der Waals surface area contributed by atoms with Crippen LogP contribution >= 0.6 is 0 Å². The monoisotopic (exact) mass is 765 g/mol. The minimum absolute atomic E-state index is 0.229. The number of nitrogens with one attached hydrogen (secondary N) is 1. The van der Waals surface area contributed by atoms with Crippen LogP contribution in [-0.2, 0) is 0 Å². The highest BCUT2D eigenvalue weighted by Gasteiger charge is 2.29. The summed E-state index contributed by atoms with van der Waals surface area (Å²) in [4.78, 5) is 18.3. The third-order valence-electron chi connectivity index (χ3n) is 11.1. The van der Waals surface area contributed by atoms with E-state index >= 15 is 0 Å². The summed E-state index contributed by atoms with van der Waals surface area (Å²) >= 11 is 0. The van der Waals surface area contributed by atoms with Gasteiger partial charge in [-0.2, -0.15) is 0 Å². The van der Waals surface area contributed by atoms with Crippen LogP contribution in [0, 0.1) is 6.92 Å². The second kappa shape index (κ2) is 16.0. The SMILES string of the molecule is CC(C)=Nc1c(C)cccc1-c1cc(C2=NC(c3cc(-c4ccccc4)cc(-c4cccc5c4NC(C)C=C5)c3)N(C)C(c3ccccc3)=N2)cc(-c2ccccc2)c1. The van der Waals surface area contributed by atoms with Gasteiger partial charge in [0, 0.05) is 46.7 Å². The summed E-state index contributed by atoms with van der Waals surface area (Å²) in [6, 6.07) is 58.6. The van der Waals surface area contributed by atoms with Crippen LogP contribution in [-0.4, -0.2) is 35.4 Å². The maximum atomic E-state index is 5.61. The molecule has 0 aromatic heterocycles. The minimum atomic E-state index is -0.378. The van der Waals surface area contributed by atoms with Gasteiger partial charge in [-0.3, -0.25) is 4.99 Å². The molecule has 5 nitrogen and oxygen atoms in total. The molecule has 0 saturated carbocycles. The minimum Gasteiger partial charge on any atom is -0.378 e. The zero-order chi connectivity index (χ0) is 40.5. The van der Waals surface area contributed by atoms with Crippen molar-refractivity contribution in [2.75, 3.05) is 12.4 Å². The summed E-state index contributed by atoms with van der Waals surface area (Å²) in [5.74, 6) is 1.54. The molecule has 0 spiro atoms. The number of benzene rings is 7. The fourth-order valence-corrected chi connectivity index (χ4v) is 8.18. The molecule has 2 aliphatic rings. The molecule has 2 aliphatic heterocycles. The third-order valence-corrected chi connectivity index (χ3v) is 11.1. The molecular weight excluding hydrogens is 719 g/mol. The van der Waals surface area contributed by atoms with Crippen LogP contribution in [0.1, 0.15) is 54.8 Å². The number of amidine groups is 2. The molecule has 59 heavy (non-hydrogen) atoms. The van der Waals surface area contributed by atoms with Gasteiger partial charge in [-0.25, -0.2) is 9.98 Å². The van der Waals surface area contributed by atoms with Crippen molar-refractivity contribution < 1.29 is 0 Å². The van der Waals surface area contributed by atoms with Crippen LogP contribution < -0.4 is 5.32 Å². The molecule has 1 N–H and O–H groups in total. The Kier molecular flexibility index (Phi) is 10.2. The van der Waals surface area contributed by atoms with E-state index in [2.05, 4.69) is 207 Å². The van der Waals surface area contributed by atoms with E-state index in [1.807, 2.05) is 13.8 Å². The topological polar surface area (TPSA) is 52.4 Å². The largest absolute Gasteiger partial charge is 0.378 e. The van der Waals surface area contributed by atoms with Gasteiger partial charge in [0.15, 0.2) is 12.0 Å². The van der Waals surface area contributed by atoms with Crippen LogP contribution in [0.25, 0.3) is 50.6 Å². The molecule has 0 amide bonds. The van der Waals surface area contributed by atoms with Gasteiger partial charge >= 0.3 is 0 Å². The molecule has 9 rings (SSSR count). The number of hydrogen-bond acceptors (Lipinski definition) is 5. The van der Waals surface area contributed by atoms with E-state index in [1.165, 1.54) is 5.56 Å². The maximum absolute atomic E-state index is 5.61. The first kappa shape index (κ1) is 37.5. The van der Waals surface area contributed by atoms with Crippen molar-refractivity contribution in [1.82, 2.24) is 4.90 Å². The molecule has 2 unspecified atom stereocenters. The molecule has 0 saturated heterocycles. The van der Waals surface area contributed by atoms with E-state index in [1.54, 1.807) is 0 Å². The summed E-state index contributed by atoms with van der Waals surface area (Å²) in [5.41, 5.74) is 17.5. The first-order valence-corrected chi connectivity index (χ1v) is 20.3. The molecule has 2 atom stereocenters. The number of anilines is 1. The summed E-state index contributed by atoms with van der Waals surface area (Å²) in [6.07, 6.45) is 4.06. The van der Waals surface area contributed by atoms with E-state index in [0.29, 0.717) is 5.84 Å². The zero-order valence-corrected chi connectivity index (χ0v) is 34.2. The van der Waals surface area contributed by atoms with E-state index in [0.717, 1.165) is 89.7 Å². The van der Waals surface area contributed by atoms with Crippen LogP contribution in [0.15, 0.2) is 185 Å². The number of para-hydroxylation sites is 2. The van der Waals surface area contributed by atoms with Crippen LogP contribution in [0.3, 0.4) is 0 Å². The highest BCUT2D eigenvalue weighted by Crippen LogP contribution is 2.41. The van der Waals surface area contributed by atoms with Crippen LogP contribution in [0.2, 0.25) is 0 Å². The number of aliphatic imine (C=N–C) groups is 3. The van der Waals surface area contributed by atoms with Crippen molar-refractivity contribution >= 4 is 34.8 Å². The Morgan fingerprint density at radius 3 is 1.83 bits per heavy atom. The zero-order valence-electron chi connectivity index (χ0n) is 34.2. The van der Waals surface area contributed by atoms with Crippen molar-refractivity contribution in [3.05, 3.63) is 198 Å². The lowest BCUT2D eigenvalue weighted by molar-refractivity contribution is 0.383. The second-order valence-electron chi connectivity index (χ2n) is 15.7. The quantitative estimate of drug-likeness (QED) is 0.157. The summed E-state index contributed by atoms with van der Waals surface area (Å²) < 4.78 is 0. The van der Waals surface area contributed by atoms with Gasteiger partial charge in [-0.15, -0.1) is 0 Å². The standard InChI is InChI=1S/C54H47N5/c1-35(2)55-50-36(3)17-15-25-48(50)44-29-42(38-18-9-6-10-19-38)31-46(33-44)52-57-53(41-22-13-8-14-23-41)59(5)54(58-52)47-32-43(39-20-11-7-12-21-39)30-45(34-47)49-26-16-24-40-28-27-37(4)56-51(40)49/h6-34,37,54,56H,1-5H3. The fraction of sp³-hybridized carbons (Fsp3) is 0.130. The van der Waals surface area contributed by atoms with Gasteiger partial charge in [0.1, 0.15) is 5.84 Å². The predicted molar refractivity (Wildman–Crippen MR) is 250 cm³/mol. The van der Waals surface area contributed by atoms with Crippen LogP contribution in [0.4, 0.5) is 11.4 Å². The molecule has 5 heteroatoms. The summed E-state index contributed by atoms with van der Waals surface area (Å²) in [5, 5.41) is 3.75. The highest BCUT2D eigenvalue weighted by molar-refractivity contribution is 6.14. The Bertz CT molecular complexity index is 2790. The molecule has 7 aromatic carbocycles. The average molecular weight is 766 g/mol. The van der Waals surface area contributed by atoms with Gasteiger partial charge in [-0.1, -0.05) is 140 Å². The van der Waals surface area contributed by atoms with E-state index < -0.39 is 0 Å². The van der Waals surface area contributed by atoms with Gasteiger partial charge in [0.2, 0.25) is 0 Å². The fourth-order valence-electron chi connectivity index (χ4n) is 8.18. The third kappa shape index (κ3) is 7.68. The number of aryl methyl sites for hydroxylation is 1. The Balaban J connectivity index is 1.27. The van der Waals surface area contributed by atoms with E-state index in [4.69, 9.17) is 15.0 Å². The number of nitrogens with zero attached hydrogens (tertiary/aromatic N) is 4. The lowest BCUT2D eigenvalue weighted by Crippen LogP contribution is -2.35. The molecule has 0 aliphatic carbocycles.